The number of aryl methyl sites for hydroxylation is 1. The van der Waals surface area contributed by atoms with E-state index in [4.69, 9.17) is 0 Å². The Morgan fingerprint density at radius 2 is 2.47 bits per heavy atom. The number of hydrogen-bond acceptors (Lipinski definition) is 3. The molecule has 0 spiro atoms. The first-order valence-electron chi connectivity index (χ1n) is 5.88. The molecule has 1 unspecified atom stereocenters. The molecule has 0 saturated carbocycles. The fraction of sp³-hybridized carbons (Fsp3) is 0.818. The number of aromatic nitrogens is 3. The Balaban J connectivity index is 1.89. The lowest BCUT2D eigenvalue weighted by molar-refractivity contribution is 0.359. The Bertz CT molecular complexity index is 305. The molecule has 0 radical (unpaired) electrons. The van der Waals surface area contributed by atoms with Crippen LogP contribution in [-0.2, 0) is 6.54 Å². The van der Waals surface area contributed by atoms with E-state index in [1.165, 1.54) is 19.3 Å². The summed E-state index contributed by atoms with van der Waals surface area (Å²) in [6.45, 7) is 6.61. The minimum absolute atomic E-state index is 0.417. The molecule has 84 valence electrons. The van der Waals surface area contributed by atoms with Crippen LogP contribution in [0.2, 0.25) is 0 Å². The third-order valence-electron chi connectivity index (χ3n) is 2.93. The highest BCUT2D eigenvalue weighted by Crippen LogP contribution is 2.21. The third-order valence-corrected chi connectivity index (χ3v) is 2.93. The fourth-order valence-electron chi connectivity index (χ4n) is 2.03. The number of nitrogens with one attached hydrogen (secondary N) is 1. The Morgan fingerprint density at radius 3 is 3.27 bits per heavy atom. The maximum Gasteiger partial charge on any atom is 0.143 e. The summed E-state index contributed by atoms with van der Waals surface area (Å²) >= 11 is 0. The fourth-order valence-corrected chi connectivity index (χ4v) is 2.03. The Hall–Kier alpha value is -0.900. The summed E-state index contributed by atoms with van der Waals surface area (Å²) in [4.78, 5) is 4.33. The van der Waals surface area contributed by atoms with E-state index in [1.54, 1.807) is 6.33 Å². The van der Waals surface area contributed by atoms with Gasteiger partial charge in [0.05, 0.1) is 6.04 Å². The number of rotatable bonds is 4. The van der Waals surface area contributed by atoms with Gasteiger partial charge in [0, 0.05) is 6.54 Å². The first kappa shape index (κ1) is 10.6. The minimum Gasteiger partial charge on any atom is -0.307 e. The van der Waals surface area contributed by atoms with Crippen LogP contribution in [0.1, 0.15) is 45.0 Å². The first-order valence-corrected chi connectivity index (χ1v) is 5.88. The van der Waals surface area contributed by atoms with Gasteiger partial charge >= 0.3 is 0 Å². The largest absolute Gasteiger partial charge is 0.307 e. The Kier molecular flexibility index (Phi) is 3.36. The molecule has 0 saturated heterocycles. The normalized spacial score (nSPS) is 20.6. The molecule has 1 aliphatic heterocycles. The van der Waals surface area contributed by atoms with Crippen molar-refractivity contribution in [2.45, 2.75) is 45.7 Å². The highest BCUT2D eigenvalue weighted by atomic mass is 15.3. The van der Waals surface area contributed by atoms with Gasteiger partial charge in [-0.05, 0) is 31.7 Å². The molecule has 2 rings (SSSR count). The smallest absolute Gasteiger partial charge is 0.143 e. The Morgan fingerprint density at radius 1 is 1.60 bits per heavy atom. The van der Waals surface area contributed by atoms with Crippen molar-refractivity contribution < 1.29 is 0 Å². The average Bonchev–Trinajstić information content (AvgIpc) is 2.65. The third kappa shape index (κ3) is 2.56. The van der Waals surface area contributed by atoms with E-state index in [-0.39, 0.29) is 0 Å². The molecule has 0 fully saturated rings. The lowest BCUT2D eigenvalue weighted by atomic mass is 10.1. The Labute approximate surface area is 91.1 Å². The van der Waals surface area contributed by atoms with Gasteiger partial charge in [-0.25, -0.2) is 9.67 Å². The molecule has 0 bridgehead atoms. The second-order valence-electron chi connectivity index (χ2n) is 4.67. The highest BCUT2D eigenvalue weighted by Gasteiger charge is 2.21. The van der Waals surface area contributed by atoms with Crippen LogP contribution in [0.4, 0.5) is 0 Å². The molecule has 4 heteroatoms. The molecule has 0 aromatic carbocycles. The predicted molar refractivity (Wildman–Crippen MR) is 59.5 cm³/mol. The van der Waals surface area contributed by atoms with Crippen LogP contribution >= 0.6 is 0 Å². The molecule has 15 heavy (non-hydrogen) atoms. The van der Waals surface area contributed by atoms with Crippen molar-refractivity contribution in [3.05, 3.63) is 12.2 Å². The monoisotopic (exact) mass is 208 g/mol. The van der Waals surface area contributed by atoms with Crippen molar-refractivity contribution in [1.82, 2.24) is 20.1 Å². The van der Waals surface area contributed by atoms with Crippen LogP contribution in [0, 0.1) is 5.92 Å². The van der Waals surface area contributed by atoms with Gasteiger partial charge in [-0.2, -0.15) is 5.10 Å². The first-order chi connectivity index (χ1) is 7.27. The van der Waals surface area contributed by atoms with Gasteiger partial charge in [-0.15, -0.1) is 0 Å². The lowest BCUT2D eigenvalue weighted by Gasteiger charge is -2.23. The SMILES string of the molecule is CC(C)CCNC1CCCn2ncnc21. The standard InChI is InChI=1S/C11H20N4/c1-9(2)5-6-12-10-4-3-7-15-11(10)13-8-14-15/h8-10,12H,3-7H2,1-2H3. The van der Waals surface area contributed by atoms with Gasteiger partial charge < -0.3 is 5.32 Å². The van der Waals surface area contributed by atoms with Crippen LogP contribution in [0.3, 0.4) is 0 Å². The number of fused-ring (bicyclic) bond motifs is 1. The van der Waals surface area contributed by atoms with E-state index in [1.807, 2.05) is 4.68 Å². The van der Waals surface area contributed by atoms with Crippen LogP contribution in [-0.4, -0.2) is 21.3 Å². The molecule has 1 atom stereocenters. The van der Waals surface area contributed by atoms with Crippen molar-refractivity contribution >= 4 is 0 Å². The summed E-state index contributed by atoms with van der Waals surface area (Å²) < 4.78 is 2.02. The zero-order chi connectivity index (χ0) is 10.7. The van der Waals surface area contributed by atoms with Crippen molar-refractivity contribution in [2.24, 2.45) is 5.92 Å². The van der Waals surface area contributed by atoms with E-state index in [0.717, 1.165) is 24.8 Å². The molecule has 4 nitrogen and oxygen atoms in total. The number of hydrogen-bond donors (Lipinski definition) is 1. The van der Waals surface area contributed by atoms with Gasteiger partial charge in [-0.3, -0.25) is 0 Å². The van der Waals surface area contributed by atoms with Gasteiger partial charge in [0.15, 0.2) is 0 Å². The number of nitrogens with zero attached hydrogens (tertiary/aromatic N) is 3. The summed E-state index contributed by atoms with van der Waals surface area (Å²) in [5.74, 6) is 1.88. The van der Waals surface area contributed by atoms with Crippen LogP contribution < -0.4 is 5.32 Å². The predicted octanol–water partition coefficient (Wildman–Crippen LogP) is 1.75. The molecule has 1 aromatic heterocycles. The van der Waals surface area contributed by atoms with Crippen molar-refractivity contribution in [3.8, 4) is 0 Å². The molecule has 1 aliphatic rings. The van der Waals surface area contributed by atoms with Crippen LogP contribution in [0.15, 0.2) is 6.33 Å². The second-order valence-corrected chi connectivity index (χ2v) is 4.67. The maximum atomic E-state index is 4.33. The van der Waals surface area contributed by atoms with Crippen molar-refractivity contribution in [3.63, 3.8) is 0 Å². The maximum absolute atomic E-state index is 4.33. The zero-order valence-electron chi connectivity index (χ0n) is 9.61. The summed E-state index contributed by atoms with van der Waals surface area (Å²) in [6, 6.07) is 0.417. The minimum atomic E-state index is 0.417. The quantitative estimate of drug-likeness (QED) is 0.819. The van der Waals surface area contributed by atoms with Crippen LogP contribution in [0.25, 0.3) is 0 Å². The summed E-state index contributed by atoms with van der Waals surface area (Å²) in [6.07, 6.45) is 5.29. The van der Waals surface area contributed by atoms with E-state index in [2.05, 4.69) is 29.2 Å². The molecular formula is C11H20N4. The molecule has 1 N–H and O–H groups in total. The van der Waals surface area contributed by atoms with Gasteiger partial charge in [-0.1, -0.05) is 13.8 Å². The molecular weight excluding hydrogens is 188 g/mol. The van der Waals surface area contributed by atoms with E-state index in [9.17, 15) is 0 Å². The second kappa shape index (κ2) is 4.75. The lowest BCUT2D eigenvalue weighted by Crippen LogP contribution is -2.29. The van der Waals surface area contributed by atoms with E-state index >= 15 is 0 Å². The average molecular weight is 208 g/mol. The van der Waals surface area contributed by atoms with E-state index < -0.39 is 0 Å². The topological polar surface area (TPSA) is 42.7 Å². The molecule has 2 heterocycles. The zero-order valence-corrected chi connectivity index (χ0v) is 9.61. The van der Waals surface area contributed by atoms with Gasteiger partial charge in [0.1, 0.15) is 12.2 Å². The summed E-state index contributed by atoms with van der Waals surface area (Å²) in [5.41, 5.74) is 0. The van der Waals surface area contributed by atoms with Gasteiger partial charge in [0.25, 0.3) is 0 Å². The molecule has 0 amide bonds. The van der Waals surface area contributed by atoms with E-state index in [0.29, 0.717) is 6.04 Å². The molecule has 1 aromatic rings. The van der Waals surface area contributed by atoms with Crippen molar-refractivity contribution in [1.29, 1.82) is 0 Å². The van der Waals surface area contributed by atoms with Crippen LogP contribution in [0.5, 0.6) is 0 Å². The summed E-state index contributed by atoms with van der Waals surface area (Å²) in [5, 5.41) is 7.79. The van der Waals surface area contributed by atoms with Crippen molar-refractivity contribution in [2.75, 3.05) is 6.54 Å². The highest BCUT2D eigenvalue weighted by molar-refractivity contribution is 4.97. The van der Waals surface area contributed by atoms with Gasteiger partial charge in [0.2, 0.25) is 0 Å². The summed E-state index contributed by atoms with van der Waals surface area (Å²) in [7, 11) is 0. The molecule has 0 aliphatic carbocycles.